The number of hydrogen-bond donors (Lipinski definition) is 0. The van der Waals surface area contributed by atoms with E-state index in [1.54, 1.807) is 0 Å². The molecular formula is C31H42Cl2SiZr-4. The Bertz CT molecular complexity index is 1150. The summed E-state index contributed by atoms with van der Waals surface area (Å²) in [7, 11) is 0. The summed E-state index contributed by atoms with van der Waals surface area (Å²) in [5.74, 6) is 0.560. The number of benzene rings is 2. The summed E-state index contributed by atoms with van der Waals surface area (Å²) in [4.78, 5) is 0. The number of halogens is 2. The first-order valence-electron chi connectivity index (χ1n) is 10.9. The molecule has 0 nitrogen and oxygen atoms in total. The van der Waals surface area contributed by atoms with E-state index in [1.807, 2.05) is 0 Å². The van der Waals surface area contributed by atoms with Gasteiger partial charge in [0.2, 0.25) is 0 Å². The van der Waals surface area contributed by atoms with E-state index in [9.17, 15) is 0 Å². The van der Waals surface area contributed by atoms with Crippen molar-refractivity contribution in [3.8, 4) is 11.1 Å². The molecular weight excluding hydrogens is 563 g/mol. The van der Waals surface area contributed by atoms with Crippen LogP contribution < -0.4 is 0 Å². The van der Waals surface area contributed by atoms with Crippen LogP contribution in [0.25, 0.3) is 21.9 Å². The summed E-state index contributed by atoms with van der Waals surface area (Å²) >= 11 is 1.36. The van der Waals surface area contributed by atoms with Gasteiger partial charge < -0.3 is 14.9 Å². The first kappa shape index (κ1) is 38.7. The maximum atomic E-state index is 3.36. The average Bonchev–Trinajstić information content (AvgIpc) is 3.24. The van der Waals surface area contributed by atoms with E-state index in [4.69, 9.17) is 0 Å². The third-order valence-electron chi connectivity index (χ3n) is 7.04. The molecule has 1 aliphatic rings. The second-order valence-electron chi connectivity index (χ2n) is 8.66. The predicted octanol–water partition coefficient (Wildman–Crippen LogP) is 9.85. The number of hydrogen-bond acceptors (Lipinski definition) is 0. The minimum atomic E-state index is 0. The average molecular weight is 605 g/mol. The van der Waals surface area contributed by atoms with Crippen molar-refractivity contribution in [2.45, 2.75) is 62.3 Å². The van der Waals surface area contributed by atoms with E-state index in [1.165, 1.54) is 89.8 Å². The molecule has 35 heavy (non-hydrogen) atoms. The molecule has 1 aliphatic carbocycles. The van der Waals surface area contributed by atoms with Crippen LogP contribution in [0.5, 0.6) is 0 Å². The summed E-state index contributed by atoms with van der Waals surface area (Å²) in [6.45, 7) is 22.9. The van der Waals surface area contributed by atoms with E-state index in [2.05, 4.69) is 112 Å². The number of fused-ring (bicyclic) bond motifs is 1. The fraction of sp³-hybridized carbons (Fsp3) is 0.323. The van der Waals surface area contributed by atoms with Gasteiger partial charge in [-0.3, -0.25) is 6.08 Å². The molecule has 0 saturated carbocycles. The van der Waals surface area contributed by atoms with Crippen LogP contribution in [-0.4, -0.2) is 6.88 Å². The van der Waals surface area contributed by atoms with E-state index in [0.29, 0.717) is 5.92 Å². The number of allylic oxidation sites excluding steroid dienone is 4. The predicted molar refractivity (Wildman–Crippen MR) is 162 cm³/mol. The van der Waals surface area contributed by atoms with E-state index in [-0.39, 0.29) is 39.7 Å². The van der Waals surface area contributed by atoms with Crippen LogP contribution >= 0.6 is 24.8 Å². The molecule has 0 N–H and O–H groups in total. The Morgan fingerprint density at radius 3 is 1.66 bits per heavy atom. The number of aryl methyl sites for hydroxylation is 3. The van der Waals surface area contributed by atoms with Gasteiger partial charge in [-0.15, -0.1) is 65.3 Å². The molecule has 3 aromatic rings. The second kappa shape index (κ2) is 16.9. The molecule has 3 aromatic carbocycles. The fourth-order valence-electron chi connectivity index (χ4n) is 4.47. The third-order valence-corrected chi connectivity index (χ3v) is 7.04. The van der Waals surface area contributed by atoms with Gasteiger partial charge in [0, 0.05) is 0 Å². The van der Waals surface area contributed by atoms with Crippen LogP contribution in [0.4, 0.5) is 0 Å². The molecule has 0 aromatic heterocycles. The standard InChI is InChI=1S/C20H21.C9H13.2CH3.2ClH.Si.Zr/c1-12-11-18-15(4)13(2)14(3)16(5)20(18)19(12)17-9-7-6-8-10-17;1-6-5-7(2)9(4)8(6)3;;;;;;/h6-11H,1-5H3;6H,1-4H3;2*1H3;2*1H;;/q4*-1;;;;. The topological polar surface area (TPSA) is 0 Å². The SMILES string of the molecule is CC1=[C-]C(C)C(C)=C1C.Cc1[cH-]c2c(C)c(C)c(C)c(C)c2c1-c1ccccc1.Cl.Cl.[CH3-].[CH3-].[Si]=[Zr]. The van der Waals surface area contributed by atoms with Crippen LogP contribution in [0, 0.1) is 61.5 Å². The van der Waals surface area contributed by atoms with Crippen molar-refractivity contribution in [2.75, 3.05) is 0 Å². The summed E-state index contributed by atoms with van der Waals surface area (Å²) in [6.07, 6.45) is 3.36. The Labute approximate surface area is 245 Å². The molecule has 0 saturated heterocycles. The molecule has 192 valence electrons. The summed E-state index contributed by atoms with van der Waals surface area (Å²) in [6, 6.07) is 13.1. The van der Waals surface area contributed by atoms with Gasteiger partial charge >= 0.3 is 30.2 Å². The molecule has 0 fully saturated rings. The van der Waals surface area contributed by atoms with Gasteiger partial charge in [0.15, 0.2) is 0 Å². The Balaban J connectivity index is -0.000000590. The van der Waals surface area contributed by atoms with Crippen molar-refractivity contribution in [2.24, 2.45) is 5.92 Å². The quantitative estimate of drug-likeness (QED) is 0.192. The Hall–Kier alpha value is -0.790. The third kappa shape index (κ3) is 8.10. The molecule has 4 heteroatoms. The van der Waals surface area contributed by atoms with Crippen molar-refractivity contribution in [1.29, 1.82) is 0 Å². The van der Waals surface area contributed by atoms with Crippen LogP contribution in [0.3, 0.4) is 0 Å². The Morgan fingerprint density at radius 1 is 0.771 bits per heavy atom. The zero-order valence-corrected chi connectivity index (χ0v) is 28.4. The van der Waals surface area contributed by atoms with Crippen LogP contribution in [0.1, 0.15) is 55.5 Å². The monoisotopic (exact) mass is 602 g/mol. The first-order valence-corrected chi connectivity index (χ1v) is 15.1. The second-order valence-corrected chi connectivity index (χ2v) is 8.66. The summed E-state index contributed by atoms with van der Waals surface area (Å²) in [5, 5.41) is 2.86. The first-order chi connectivity index (χ1) is 14.6. The Morgan fingerprint density at radius 2 is 1.26 bits per heavy atom. The summed E-state index contributed by atoms with van der Waals surface area (Å²) in [5.41, 5.74) is 14.1. The zero-order chi connectivity index (χ0) is 23.5. The zero-order valence-electron chi connectivity index (χ0n) is 23.4. The molecule has 0 aliphatic heterocycles. The van der Waals surface area contributed by atoms with Crippen molar-refractivity contribution >= 4 is 42.5 Å². The van der Waals surface area contributed by atoms with Crippen molar-refractivity contribution in [3.63, 3.8) is 0 Å². The molecule has 4 rings (SSSR count). The molecule has 0 heterocycles. The van der Waals surface area contributed by atoms with Crippen LogP contribution in [-0.2, 0) is 23.3 Å². The molecule has 0 bridgehead atoms. The van der Waals surface area contributed by atoms with Crippen LogP contribution in [0.2, 0.25) is 0 Å². The van der Waals surface area contributed by atoms with E-state index in [0.717, 1.165) is 0 Å². The van der Waals surface area contributed by atoms with Crippen molar-refractivity contribution < 1.29 is 23.3 Å². The Kier molecular flexibility index (Phi) is 18.7. The van der Waals surface area contributed by atoms with Crippen LogP contribution in [0.15, 0.2) is 53.1 Å². The van der Waals surface area contributed by atoms with Gasteiger partial charge in [-0.1, -0.05) is 93.1 Å². The molecule has 0 amide bonds. The molecule has 2 radical (unpaired) electrons. The van der Waals surface area contributed by atoms with Gasteiger partial charge in [0.05, 0.1) is 0 Å². The van der Waals surface area contributed by atoms with Crippen molar-refractivity contribution in [3.05, 3.63) is 102 Å². The van der Waals surface area contributed by atoms with E-state index >= 15 is 0 Å². The van der Waals surface area contributed by atoms with Gasteiger partial charge in [0.25, 0.3) is 0 Å². The molecule has 0 spiro atoms. The van der Waals surface area contributed by atoms with Gasteiger partial charge in [-0.25, -0.2) is 5.57 Å². The number of rotatable bonds is 1. The minimum absolute atomic E-state index is 0. The van der Waals surface area contributed by atoms with Gasteiger partial charge in [-0.2, -0.15) is 11.1 Å². The maximum absolute atomic E-state index is 3.36. The molecule has 1 unspecified atom stereocenters. The van der Waals surface area contributed by atoms with Gasteiger partial charge in [0.1, 0.15) is 0 Å². The van der Waals surface area contributed by atoms with Gasteiger partial charge in [-0.05, 0) is 20.8 Å². The fourth-order valence-corrected chi connectivity index (χ4v) is 4.47. The van der Waals surface area contributed by atoms with Crippen molar-refractivity contribution in [1.82, 2.24) is 0 Å². The summed E-state index contributed by atoms with van der Waals surface area (Å²) < 4.78 is 0. The molecule has 1 atom stereocenters. The normalized spacial score (nSPS) is 13.5. The van der Waals surface area contributed by atoms with E-state index < -0.39 is 0 Å².